The van der Waals surface area contributed by atoms with Crippen LogP contribution in [0, 0.1) is 9.81 Å². The lowest BCUT2D eigenvalue weighted by atomic mass is 9.98. The molecule has 0 fully saturated rings. The second-order valence-corrected chi connectivity index (χ2v) is 4.42. The third kappa shape index (κ3) is 8.31. The summed E-state index contributed by atoms with van der Waals surface area (Å²) in [5.74, 6) is -0.291. The molecule has 0 unspecified atom stereocenters. The molecule has 0 aliphatic rings. The maximum absolute atomic E-state index is 10.7. The van der Waals surface area contributed by atoms with Crippen LogP contribution in [0.5, 0.6) is 0 Å². The second-order valence-electron chi connectivity index (χ2n) is 4.42. The first-order valence-electron chi connectivity index (χ1n) is 5.22. The van der Waals surface area contributed by atoms with E-state index in [1.165, 1.54) is 25.9 Å². The largest absolute Gasteiger partial charge is 0.300 e. The zero-order valence-electron chi connectivity index (χ0n) is 11.6. The third-order valence-electron chi connectivity index (χ3n) is 2.26. The molecule has 0 atom stereocenters. The van der Waals surface area contributed by atoms with Crippen LogP contribution in [0.2, 0.25) is 0 Å². The molecule has 0 aliphatic carbocycles. The highest BCUT2D eigenvalue weighted by Crippen LogP contribution is 2.16. The van der Waals surface area contributed by atoms with Gasteiger partial charge in [-0.25, -0.2) is 5.01 Å². The summed E-state index contributed by atoms with van der Waals surface area (Å²) in [6.07, 6.45) is 0.342. The molecule has 0 heterocycles. The fourth-order valence-electron chi connectivity index (χ4n) is 0.892. The molecule has 0 spiro atoms. The van der Waals surface area contributed by atoms with Crippen LogP contribution >= 0.6 is 0 Å². The van der Waals surface area contributed by atoms with E-state index in [9.17, 15) is 19.4 Å². The normalized spacial score (nSPS) is 9.67. The first-order valence-corrected chi connectivity index (χ1v) is 5.22. The Morgan fingerprint density at radius 3 is 1.67 bits per heavy atom. The van der Waals surface area contributed by atoms with Crippen LogP contribution < -0.4 is 0 Å². The van der Waals surface area contributed by atoms with E-state index >= 15 is 0 Å². The Morgan fingerprint density at radius 2 is 1.50 bits per heavy atom. The minimum Gasteiger partial charge on any atom is -0.300 e. The van der Waals surface area contributed by atoms with Gasteiger partial charge in [0.1, 0.15) is 5.78 Å². The predicted molar refractivity (Wildman–Crippen MR) is 67.2 cm³/mol. The van der Waals surface area contributed by atoms with Crippen molar-refractivity contribution < 1.29 is 9.59 Å². The molecule has 8 heteroatoms. The van der Waals surface area contributed by atoms with Crippen LogP contribution in [0.15, 0.2) is 10.6 Å². The number of amides is 1. The van der Waals surface area contributed by atoms with Gasteiger partial charge in [-0.05, 0) is 20.8 Å². The minimum absolute atomic E-state index is 0.0606. The number of Topliss-reactive ketones (excluding diaryl/α,β-unsaturated/α-hetero) is 1. The molecule has 0 aromatic carbocycles. The zero-order valence-corrected chi connectivity index (χ0v) is 11.6. The molecule has 0 saturated heterocycles. The van der Waals surface area contributed by atoms with Crippen LogP contribution in [0.4, 0.5) is 0 Å². The smallest absolute Gasteiger partial charge is 0.241 e. The molecule has 0 aliphatic heterocycles. The van der Waals surface area contributed by atoms with Gasteiger partial charge < -0.3 is 0 Å². The number of hydrogen-bond donors (Lipinski definition) is 0. The summed E-state index contributed by atoms with van der Waals surface area (Å²) in [6, 6.07) is 0. The molecular formula is C10H20N4O4. The molecule has 0 aromatic heterocycles. The molecule has 0 rings (SSSR count). The number of rotatable bonds is 5. The van der Waals surface area contributed by atoms with Crippen LogP contribution in [0.1, 0.15) is 34.1 Å². The number of hydrogen-bond acceptors (Lipinski definition) is 6. The first kappa shape index (κ1) is 18.5. The molecule has 0 saturated carbocycles. The monoisotopic (exact) mass is 260 g/mol. The maximum Gasteiger partial charge on any atom is 0.241 e. The van der Waals surface area contributed by atoms with E-state index in [1.54, 1.807) is 20.9 Å². The van der Waals surface area contributed by atoms with Gasteiger partial charge >= 0.3 is 0 Å². The van der Waals surface area contributed by atoms with Crippen molar-refractivity contribution >= 4 is 11.7 Å². The maximum atomic E-state index is 10.7. The van der Waals surface area contributed by atoms with Gasteiger partial charge in [-0.2, -0.15) is 0 Å². The second kappa shape index (κ2) is 8.26. The number of nitroso groups, excluding NO2 is 2. The van der Waals surface area contributed by atoms with Crippen molar-refractivity contribution in [3.05, 3.63) is 9.81 Å². The summed E-state index contributed by atoms with van der Waals surface area (Å²) in [4.78, 5) is 40.2. The molecular weight excluding hydrogens is 240 g/mol. The van der Waals surface area contributed by atoms with E-state index in [-0.39, 0.29) is 11.7 Å². The van der Waals surface area contributed by atoms with Gasteiger partial charge in [0.25, 0.3) is 0 Å². The van der Waals surface area contributed by atoms with E-state index < -0.39 is 5.54 Å². The van der Waals surface area contributed by atoms with Gasteiger partial charge in [-0.3, -0.25) is 14.6 Å². The summed E-state index contributed by atoms with van der Waals surface area (Å²) >= 11 is 0. The van der Waals surface area contributed by atoms with E-state index in [1.807, 2.05) is 0 Å². The Kier molecular flexibility index (Phi) is 8.49. The highest BCUT2D eigenvalue weighted by molar-refractivity contribution is 5.76. The molecule has 8 nitrogen and oxygen atoms in total. The van der Waals surface area contributed by atoms with Crippen molar-refractivity contribution in [3.8, 4) is 0 Å². The van der Waals surface area contributed by atoms with Crippen molar-refractivity contribution in [2.24, 2.45) is 10.6 Å². The van der Waals surface area contributed by atoms with Crippen molar-refractivity contribution in [1.29, 1.82) is 0 Å². The van der Waals surface area contributed by atoms with Gasteiger partial charge in [-0.1, -0.05) is 0 Å². The Balaban J connectivity index is 0. The van der Waals surface area contributed by atoms with Crippen LogP contribution in [-0.4, -0.2) is 41.3 Å². The van der Waals surface area contributed by atoms with Crippen LogP contribution in [0.25, 0.3) is 0 Å². The number of carbonyl (C=O) groups is 2. The van der Waals surface area contributed by atoms with Crippen LogP contribution in [0.3, 0.4) is 0 Å². The number of ketones is 1. The molecule has 104 valence electrons. The van der Waals surface area contributed by atoms with E-state index in [0.717, 1.165) is 5.01 Å². The van der Waals surface area contributed by atoms with Gasteiger partial charge in [0.2, 0.25) is 5.91 Å². The Hall–Kier alpha value is -1.86. The van der Waals surface area contributed by atoms with Crippen LogP contribution in [-0.2, 0) is 9.59 Å². The highest BCUT2D eigenvalue weighted by Gasteiger charge is 2.25. The van der Waals surface area contributed by atoms with E-state index in [2.05, 4.69) is 10.6 Å². The fourth-order valence-corrected chi connectivity index (χ4v) is 0.892. The van der Waals surface area contributed by atoms with Crippen molar-refractivity contribution in [2.45, 2.75) is 39.7 Å². The van der Waals surface area contributed by atoms with Crippen molar-refractivity contribution in [1.82, 2.24) is 10.0 Å². The summed E-state index contributed by atoms with van der Waals surface area (Å²) in [5, 5.41) is 7.05. The molecule has 0 bridgehead atoms. The molecule has 0 radical (unpaired) electrons. The molecule has 1 amide bonds. The predicted octanol–water partition coefficient (Wildman–Crippen LogP) is 1.50. The minimum atomic E-state index is -0.465. The first-order chi connectivity index (χ1) is 8.08. The molecule has 18 heavy (non-hydrogen) atoms. The van der Waals surface area contributed by atoms with Crippen molar-refractivity contribution in [3.63, 3.8) is 0 Å². The molecule has 0 aromatic rings. The average molecular weight is 260 g/mol. The number of carbonyl (C=O) groups excluding carboxylic acids is 2. The highest BCUT2D eigenvalue weighted by atomic mass is 16.3. The zero-order chi connectivity index (χ0) is 14.9. The summed E-state index contributed by atoms with van der Waals surface area (Å²) in [6.45, 7) is 6.37. The van der Waals surface area contributed by atoms with Gasteiger partial charge in [0.15, 0.2) is 0 Å². The lowest BCUT2D eigenvalue weighted by Gasteiger charge is -2.29. The quantitative estimate of drug-likeness (QED) is 0.551. The SMILES string of the molecule is CC(=O)CC(C)(C)N(C)N=O.CC(=O)N(C)N=O. The van der Waals surface area contributed by atoms with E-state index in [4.69, 9.17) is 0 Å². The van der Waals surface area contributed by atoms with Gasteiger partial charge in [-0.15, -0.1) is 9.81 Å². The summed E-state index contributed by atoms with van der Waals surface area (Å²) in [5.41, 5.74) is -0.465. The average Bonchev–Trinajstić information content (AvgIpc) is 2.25. The third-order valence-corrected chi connectivity index (χ3v) is 2.26. The Labute approximate surface area is 106 Å². The fraction of sp³-hybridized carbons (Fsp3) is 0.800. The molecule has 0 N–H and O–H groups in total. The van der Waals surface area contributed by atoms with Gasteiger partial charge in [0.05, 0.1) is 16.1 Å². The summed E-state index contributed by atoms with van der Waals surface area (Å²) in [7, 11) is 2.87. The van der Waals surface area contributed by atoms with Crippen molar-refractivity contribution in [2.75, 3.05) is 14.1 Å². The Morgan fingerprint density at radius 1 is 1.06 bits per heavy atom. The number of nitrogens with zero attached hydrogens (tertiary/aromatic N) is 4. The lowest BCUT2D eigenvalue weighted by Crippen LogP contribution is -2.38. The Bertz CT molecular complexity index is 317. The lowest BCUT2D eigenvalue weighted by molar-refractivity contribution is -0.127. The van der Waals surface area contributed by atoms with Gasteiger partial charge in [0, 0.05) is 27.4 Å². The summed E-state index contributed by atoms with van der Waals surface area (Å²) < 4.78 is 0. The van der Waals surface area contributed by atoms with E-state index in [0.29, 0.717) is 6.42 Å². The standard InChI is InChI=1S/C7H14N2O2.C3H6N2O2/c1-6(10)5-7(2,3)9(4)8-11;1-3(6)5(2)4-7/h5H2,1-4H3;1-2H3. The topological polar surface area (TPSA) is 99.5 Å².